The lowest BCUT2D eigenvalue weighted by Crippen LogP contribution is -2.34. The monoisotopic (exact) mass is 342 g/mol. The van der Waals surface area contributed by atoms with Crippen LogP contribution in [0.1, 0.15) is 29.5 Å². The van der Waals surface area contributed by atoms with Gasteiger partial charge in [0.05, 0.1) is 6.54 Å². The van der Waals surface area contributed by atoms with Gasteiger partial charge in [-0.1, -0.05) is 47.5 Å². The third-order valence-corrected chi connectivity index (χ3v) is 4.87. The van der Waals surface area contributed by atoms with Gasteiger partial charge in [-0.05, 0) is 49.9 Å². The molecule has 0 bridgehead atoms. The lowest BCUT2D eigenvalue weighted by Gasteiger charge is -2.22. The average Bonchev–Trinajstić information content (AvgIpc) is 3.38. The molecule has 3 rings (SSSR count). The highest BCUT2D eigenvalue weighted by Gasteiger charge is 2.30. The molecule has 0 aromatic heterocycles. The van der Waals surface area contributed by atoms with Crippen molar-refractivity contribution in [3.8, 4) is 0 Å². The lowest BCUT2D eigenvalue weighted by molar-refractivity contribution is -0.117. The van der Waals surface area contributed by atoms with Gasteiger partial charge in [-0.2, -0.15) is 0 Å². The third kappa shape index (κ3) is 4.37. The molecule has 2 aromatic rings. The first-order valence-electron chi connectivity index (χ1n) is 8.37. The number of nitrogens with one attached hydrogen (secondary N) is 1. The summed E-state index contributed by atoms with van der Waals surface area (Å²) in [5, 5.41) is 3.67. The van der Waals surface area contributed by atoms with Gasteiger partial charge in [0.1, 0.15) is 0 Å². The van der Waals surface area contributed by atoms with E-state index in [1.165, 1.54) is 24.0 Å². The number of carbonyl (C=O) groups is 1. The second-order valence-corrected chi connectivity index (χ2v) is 6.99. The molecule has 1 fully saturated rings. The fourth-order valence-corrected chi connectivity index (χ4v) is 2.97. The van der Waals surface area contributed by atoms with Crippen LogP contribution in [0.2, 0.25) is 5.02 Å². The fourth-order valence-electron chi connectivity index (χ4n) is 2.80. The Kier molecular flexibility index (Phi) is 5.22. The summed E-state index contributed by atoms with van der Waals surface area (Å²) in [4.78, 5) is 14.7. The topological polar surface area (TPSA) is 32.3 Å². The van der Waals surface area contributed by atoms with E-state index in [-0.39, 0.29) is 5.91 Å². The number of amides is 1. The minimum atomic E-state index is 0.0133. The van der Waals surface area contributed by atoms with Crippen molar-refractivity contribution < 1.29 is 4.79 Å². The second-order valence-electron chi connectivity index (χ2n) is 6.58. The largest absolute Gasteiger partial charge is 0.325 e. The molecule has 1 aliphatic carbocycles. The minimum Gasteiger partial charge on any atom is -0.325 e. The summed E-state index contributed by atoms with van der Waals surface area (Å²) < 4.78 is 0. The number of rotatable bonds is 6. The summed E-state index contributed by atoms with van der Waals surface area (Å²) in [6.07, 6.45) is 2.35. The number of benzene rings is 2. The van der Waals surface area contributed by atoms with E-state index in [4.69, 9.17) is 11.6 Å². The van der Waals surface area contributed by atoms with E-state index in [0.29, 0.717) is 17.6 Å². The van der Waals surface area contributed by atoms with Crippen LogP contribution in [0, 0.1) is 13.8 Å². The first kappa shape index (κ1) is 17.0. The summed E-state index contributed by atoms with van der Waals surface area (Å²) in [6.45, 7) is 5.23. The Balaban J connectivity index is 1.64. The van der Waals surface area contributed by atoms with Crippen molar-refractivity contribution in [1.29, 1.82) is 0 Å². The molecule has 1 amide bonds. The zero-order valence-corrected chi connectivity index (χ0v) is 14.9. The Labute approximate surface area is 148 Å². The van der Waals surface area contributed by atoms with Gasteiger partial charge in [-0.25, -0.2) is 0 Å². The molecular weight excluding hydrogens is 320 g/mol. The molecule has 0 radical (unpaired) electrons. The van der Waals surface area contributed by atoms with Crippen LogP contribution in [-0.4, -0.2) is 23.4 Å². The molecule has 1 aliphatic rings. The van der Waals surface area contributed by atoms with Gasteiger partial charge >= 0.3 is 0 Å². The molecule has 4 heteroatoms. The van der Waals surface area contributed by atoms with Gasteiger partial charge in [-0.3, -0.25) is 9.69 Å². The maximum absolute atomic E-state index is 12.5. The van der Waals surface area contributed by atoms with Crippen LogP contribution < -0.4 is 5.32 Å². The summed E-state index contributed by atoms with van der Waals surface area (Å²) in [5.74, 6) is 0.0133. The van der Waals surface area contributed by atoms with E-state index in [2.05, 4.69) is 41.4 Å². The molecule has 0 spiro atoms. The van der Waals surface area contributed by atoms with Crippen LogP contribution in [-0.2, 0) is 11.3 Å². The molecule has 1 saturated carbocycles. The Morgan fingerprint density at radius 2 is 1.88 bits per heavy atom. The molecule has 24 heavy (non-hydrogen) atoms. The molecule has 0 saturated heterocycles. The highest BCUT2D eigenvalue weighted by Crippen LogP contribution is 2.28. The average molecular weight is 343 g/mol. The van der Waals surface area contributed by atoms with Crippen molar-refractivity contribution in [2.75, 3.05) is 11.9 Å². The molecule has 1 N–H and O–H groups in total. The van der Waals surface area contributed by atoms with Crippen LogP contribution in [0.4, 0.5) is 5.69 Å². The van der Waals surface area contributed by atoms with Gasteiger partial charge in [0.15, 0.2) is 0 Å². The summed E-state index contributed by atoms with van der Waals surface area (Å²) >= 11 is 6.12. The molecule has 0 aliphatic heterocycles. The third-order valence-electron chi connectivity index (χ3n) is 4.46. The van der Waals surface area contributed by atoms with Crippen molar-refractivity contribution in [3.63, 3.8) is 0 Å². The Hall–Kier alpha value is -1.84. The number of hydrogen-bond donors (Lipinski definition) is 1. The number of anilines is 1. The van der Waals surface area contributed by atoms with Gasteiger partial charge in [0, 0.05) is 23.3 Å². The maximum atomic E-state index is 12.5. The predicted octanol–water partition coefficient (Wildman–Crippen LogP) is 4.56. The molecule has 126 valence electrons. The zero-order chi connectivity index (χ0) is 17.1. The summed E-state index contributed by atoms with van der Waals surface area (Å²) in [7, 11) is 0. The maximum Gasteiger partial charge on any atom is 0.238 e. The van der Waals surface area contributed by atoms with Gasteiger partial charge in [-0.15, -0.1) is 0 Å². The second kappa shape index (κ2) is 7.37. The molecule has 0 atom stereocenters. The van der Waals surface area contributed by atoms with Crippen molar-refractivity contribution in [1.82, 2.24) is 4.90 Å². The minimum absolute atomic E-state index is 0.0133. The van der Waals surface area contributed by atoms with E-state index < -0.39 is 0 Å². The van der Waals surface area contributed by atoms with E-state index in [0.717, 1.165) is 17.8 Å². The summed E-state index contributed by atoms with van der Waals surface area (Å²) in [6, 6.07) is 14.6. The normalized spacial score (nSPS) is 14.0. The van der Waals surface area contributed by atoms with Crippen molar-refractivity contribution >= 4 is 23.2 Å². The van der Waals surface area contributed by atoms with Crippen molar-refractivity contribution in [3.05, 3.63) is 64.2 Å². The van der Waals surface area contributed by atoms with Gasteiger partial charge in [0.2, 0.25) is 5.91 Å². The van der Waals surface area contributed by atoms with Gasteiger partial charge < -0.3 is 5.32 Å². The zero-order valence-electron chi connectivity index (χ0n) is 14.2. The fraction of sp³-hybridized carbons (Fsp3) is 0.350. The van der Waals surface area contributed by atoms with Crippen LogP contribution in [0.15, 0.2) is 42.5 Å². The summed E-state index contributed by atoms with van der Waals surface area (Å²) in [5.41, 5.74) is 4.20. The van der Waals surface area contributed by atoms with Crippen LogP contribution in [0.25, 0.3) is 0 Å². The number of hydrogen-bond acceptors (Lipinski definition) is 2. The smallest absolute Gasteiger partial charge is 0.238 e. The molecular formula is C20H23ClN2O. The molecule has 2 aromatic carbocycles. The van der Waals surface area contributed by atoms with Gasteiger partial charge in [0.25, 0.3) is 0 Å². The van der Waals surface area contributed by atoms with E-state index in [1.807, 2.05) is 25.1 Å². The standard InChI is InChI=1S/C20H23ClN2O/c1-14-6-8-16(9-7-14)12-23(17-10-11-17)13-20(24)22-19-5-3-4-18(21)15(19)2/h3-9,17H,10-13H2,1-2H3,(H,22,24). The van der Waals surface area contributed by atoms with E-state index >= 15 is 0 Å². The van der Waals surface area contributed by atoms with E-state index in [1.54, 1.807) is 0 Å². The highest BCUT2D eigenvalue weighted by molar-refractivity contribution is 6.31. The number of halogens is 1. The first-order valence-corrected chi connectivity index (χ1v) is 8.75. The number of nitrogens with zero attached hydrogens (tertiary/aromatic N) is 1. The first-order chi connectivity index (χ1) is 11.5. The molecule has 3 nitrogen and oxygen atoms in total. The van der Waals surface area contributed by atoms with Crippen LogP contribution in [0.5, 0.6) is 0 Å². The Morgan fingerprint density at radius 3 is 2.54 bits per heavy atom. The molecule has 0 heterocycles. The quantitative estimate of drug-likeness (QED) is 0.834. The van der Waals surface area contributed by atoms with Crippen molar-refractivity contribution in [2.24, 2.45) is 0 Å². The van der Waals surface area contributed by atoms with Crippen molar-refractivity contribution in [2.45, 2.75) is 39.3 Å². The predicted molar refractivity (Wildman–Crippen MR) is 99.4 cm³/mol. The molecule has 0 unspecified atom stereocenters. The number of aryl methyl sites for hydroxylation is 1. The van der Waals surface area contributed by atoms with Crippen LogP contribution >= 0.6 is 11.6 Å². The van der Waals surface area contributed by atoms with E-state index in [9.17, 15) is 4.79 Å². The SMILES string of the molecule is Cc1ccc(CN(CC(=O)Nc2cccc(Cl)c2C)C2CC2)cc1. The Morgan fingerprint density at radius 1 is 1.17 bits per heavy atom. The van der Waals surface area contributed by atoms with Crippen LogP contribution in [0.3, 0.4) is 0 Å². The highest BCUT2D eigenvalue weighted by atomic mass is 35.5. The lowest BCUT2D eigenvalue weighted by atomic mass is 10.1. The Bertz CT molecular complexity index is 723. The number of carbonyl (C=O) groups excluding carboxylic acids is 1.